The number of likely N-dealkylation sites (tertiary alicyclic amines) is 1. The third-order valence-electron chi connectivity index (χ3n) is 4.58. The number of hydrogen-bond donors (Lipinski definition) is 1. The number of aryl methyl sites for hydroxylation is 1. The quantitative estimate of drug-likeness (QED) is 0.839. The van der Waals surface area contributed by atoms with Crippen LogP contribution in [0.15, 0.2) is 42.6 Å². The van der Waals surface area contributed by atoms with Crippen LogP contribution in [0.2, 0.25) is 0 Å². The summed E-state index contributed by atoms with van der Waals surface area (Å²) >= 11 is 0. The molecule has 1 aliphatic rings. The number of nitrogens with one attached hydrogen (secondary N) is 1. The molecule has 1 saturated heterocycles. The second-order valence-electron chi connectivity index (χ2n) is 6.35. The third kappa shape index (κ3) is 4.60. The molecule has 0 aliphatic carbocycles. The van der Waals surface area contributed by atoms with E-state index in [1.807, 2.05) is 19.3 Å². The number of rotatable bonds is 7. The zero-order valence-corrected chi connectivity index (χ0v) is 14.5. The first-order valence-corrected chi connectivity index (χ1v) is 8.64. The van der Waals surface area contributed by atoms with Crippen LogP contribution < -0.4 is 10.1 Å². The zero-order chi connectivity index (χ0) is 17.6. The summed E-state index contributed by atoms with van der Waals surface area (Å²) in [6.07, 6.45) is 4.42. The molecule has 134 valence electrons. The Labute approximate surface area is 147 Å². The predicted octanol–water partition coefficient (Wildman–Crippen LogP) is 2.50. The van der Waals surface area contributed by atoms with Gasteiger partial charge in [-0.1, -0.05) is 0 Å². The Morgan fingerprint density at radius 1 is 1.24 bits per heavy atom. The van der Waals surface area contributed by atoms with Gasteiger partial charge in [-0.3, -0.25) is 9.69 Å². The molecule has 6 heteroatoms. The molecule has 5 nitrogen and oxygen atoms in total. The van der Waals surface area contributed by atoms with Crippen LogP contribution in [0.25, 0.3) is 0 Å². The van der Waals surface area contributed by atoms with E-state index in [9.17, 15) is 9.18 Å². The minimum atomic E-state index is -0.326. The molecule has 2 aromatic rings. The van der Waals surface area contributed by atoms with E-state index in [-0.39, 0.29) is 24.4 Å². The van der Waals surface area contributed by atoms with Gasteiger partial charge in [-0.15, -0.1) is 0 Å². The lowest BCUT2D eigenvalue weighted by molar-refractivity contribution is -0.123. The monoisotopic (exact) mass is 345 g/mol. The Bertz CT molecular complexity index is 693. The SMILES string of the molecule is Cn1cccc1C(CNC(=O)COc1ccc(F)cc1)N1CCCC1. The van der Waals surface area contributed by atoms with Gasteiger partial charge < -0.3 is 14.6 Å². The van der Waals surface area contributed by atoms with Crippen molar-refractivity contribution in [1.29, 1.82) is 0 Å². The summed E-state index contributed by atoms with van der Waals surface area (Å²) in [5.74, 6) is -0.0226. The molecule has 1 N–H and O–H groups in total. The number of carbonyl (C=O) groups is 1. The van der Waals surface area contributed by atoms with Crippen molar-refractivity contribution in [3.63, 3.8) is 0 Å². The van der Waals surface area contributed by atoms with Gasteiger partial charge in [0, 0.05) is 25.5 Å². The molecule has 1 atom stereocenters. The highest BCUT2D eigenvalue weighted by Gasteiger charge is 2.25. The number of halogens is 1. The minimum Gasteiger partial charge on any atom is -0.484 e. The van der Waals surface area contributed by atoms with E-state index in [2.05, 4.69) is 20.9 Å². The van der Waals surface area contributed by atoms with E-state index in [0.717, 1.165) is 13.1 Å². The number of hydrogen-bond acceptors (Lipinski definition) is 3. The Balaban J connectivity index is 1.54. The van der Waals surface area contributed by atoms with Crippen LogP contribution in [0.4, 0.5) is 4.39 Å². The lowest BCUT2D eigenvalue weighted by Crippen LogP contribution is -2.39. The van der Waals surface area contributed by atoms with Crippen LogP contribution in [0.5, 0.6) is 5.75 Å². The average molecular weight is 345 g/mol. The van der Waals surface area contributed by atoms with Gasteiger partial charge in [-0.25, -0.2) is 4.39 Å². The molecule has 0 spiro atoms. The predicted molar refractivity (Wildman–Crippen MR) is 93.9 cm³/mol. The molecule has 1 aromatic heterocycles. The summed E-state index contributed by atoms with van der Waals surface area (Å²) in [5, 5.41) is 2.96. The normalized spacial score (nSPS) is 15.9. The van der Waals surface area contributed by atoms with Crippen molar-refractivity contribution < 1.29 is 13.9 Å². The summed E-state index contributed by atoms with van der Waals surface area (Å²) in [5.41, 5.74) is 1.20. The van der Waals surface area contributed by atoms with Gasteiger partial charge in [0.25, 0.3) is 5.91 Å². The lowest BCUT2D eigenvalue weighted by atomic mass is 10.1. The molecule has 0 radical (unpaired) electrons. The molecular weight excluding hydrogens is 321 g/mol. The van der Waals surface area contributed by atoms with Crippen LogP contribution in [-0.4, -0.2) is 41.6 Å². The standard InChI is InChI=1S/C19H24FN3O2/c1-22-10-4-5-17(22)18(23-11-2-3-12-23)13-21-19(24)14-25-16-8-6-15(20)7-9-16/h4-10,18H,2-3,11-14H2,1H3,(H,21,24). The number of ether oxygens (including phenoxy) is 1. The first kappa shape index (κ1) is 17.5. The highest BCUT2D eigenvalue weighted by atomic mass is 19.1. The largest absolute Gasteiger partial charge is 0.484 e. The summed E-state index contributed by atoms with van der Waals surface area (Å²) < 4.78 is 20.4. The van der Waals surface area contributed by atoms with E-state index in [1.165, 1.54) is 42.8 Å². The number of amides is 1. The first-order chi connectivity index (χ1) is 12.1. The van der Waals surface area contributed by atoms with Gasteiger partial charge in [0.2, 0.25) is 0 Å². The molecule has 1 fully saturated rings. The average Bonchev–Trinajstić information content (AvgIpc) is 3.27. The van der Waals surface area contributed by atoms with E-state index in [4.69, 9.17) is 4.74 Å². The molecule has 1 aromatic carbocycles. The zero-order valence-electron chi connectivity index (χ0n) is 14.5. The van der Waals surface area contributed by atoms with Crippen molar-refractivity contribution in [2.75, 3.05) is 26.2 Å². The molecule has 0 bridgehead atoms. The summed E-state index contributed by atoms with van der Waals surface area (Å²) in [7, 11) is 2.03. The van der Waals surface area contributed by atoms with Crippen LogP contribution >= 0.6 is 0 Å². The van der Waals surface area contributed by atoms with E-state index >= 15 is 0 Å². The first-order valence-electron chi connectivity index (χ1n) is 8.64. The Hall–Kier alpha value is -2.34. The number of aromatic nitrogens is 1. The number of nitrogens with zero attached hydrogens (tertiary/aromatic N) is 2. The van der Waals surface area contributed by atoms with E-state index < -0.39 is 0 Å². The van der Waals surface area contributed by atoms with Crippen molar-refractivity contribution in [2.24, 2.45) is 7.05 Å². The van der Waals surface area contributed by atoms with Gasteiger partial charge >= 0.3 is 0 Å². The molecular formula is C19H24FN3O2. The highest BCUT2D eigenvalue weighted by Crippen LogP contribution is 2.24. The van der Waals surface area contributed by atoms with Crippen molar-refractivity contribution in [3.8, 4) is 5.75 Å². The molecule has 1 unspecified atom stereocenters. The maximum Gasteiger partial charge on any atom is 0.258 e. The summed E-state index contributed by atoms with van der Waals surface area (Å²) in [6.45, 7) is 2.57. The Kier molecular flexibility index (Phi) is 5.71. The van der Waals surface area contributed by atoms with Gasteiger partial charge in [-0.05, 0) is 62.3 Å². The topological polar surface area (TPSA) is 46.5 Å². The van der Waals surface area contributed by atoms with E-state index in [1.54, 1.807) is 0 Å². The number of carbonyl (C=O) groups excluding carboxylic acids is 1. The van der Waals surface area contributed by atoms with Crippen LogP contribution in [0.1, 0.15) is 24.6 Å². The summed E-state index contributed by atoms with van der Waals surface area (Å²) in [4.78, 5) is 14.5. The second-order valence-corrected chi connectivity index (χ2v) is 6.35. The Morgan fingerprint density at radius 2 is 1.96 bits per heavy atom. The van der Waals surface area contributed by atoms with Crippen molar-refractivity contribution >= 4 is 5.91 Å². The second kappa shape index (κ2) is 8.16. The van der Waals surface area contributed by atoms with Crippen LogP contribution in [0.3, 0.4) is 0 Å². The summed E-state index contributed by atoms with van der Waals surface area (Å²) in [6, 6.07) is 9.94. The van der Waals surface area contributed by atoms with Gasteiger partial charge in [-0.2, -0.15) is 0 Å². The highest BCUT2D eigenvalue weighted by molar-refractivity contribution is 5.77. The fourth-order valence-electron chi connectivity index (χ4n) is 3.24. The molecule has 0 saturated carbocycles. The number of benzene rings is 1. The molecule has 1 aliphatic heterocycles. The van der Waals surface area contributed by atoms with Crippen LogP contribution in [0, 0.1) is 5.82 Å². The molecule has 3 rings (SSSR count). The van der Waals surface area contributed by atoms with Crippen molar-refractivity contribution in [3.05, 3.63) is 54.1 Å². The smallest absolute Gasteiger partial charge is 0.258 e. The fraction of sp³-hybridized carbons (Fsp3) is 0.421. The van der Waals surface area contributed by atoms with Crippen molar-refractivity contribution in [2.45, 2.75) is 18.9 Å². The molecule has 25 heavy (non-hydrogen) atoms. The lowest BCUT2D eigenvalue weighted by Gasteiger charge is -2.28. The molecule has 2 heterocycles. The van der Waals surface area contributed by atoms with Gasteiger partial charge in [0.05, 0.1) is 6.04 Å². The third-order valence-corrected chi connectivity index (χ3v) is 4.58. The fourth-order valence-corrected chi connectivity index (χ4v) is 3.24. The Morgan fingerprint density at radius 3 is 2.60 bits per heavy atom. The minimum absolute atomic E-state index is 0.0779. The maximum absolute atomic E-state index is 12.9. The van der Waals surface area contributed by atoms with Crippen molar-refractivity contribution in [1.82, 2.24) is 14.8 Å². The van der Waals surface area contributed by atoms with E-state index in [0.29, 0.717) is 12.3 Å². The van der Waals surface area contributed by atoms with Gasteiger partial charge in [0.1, 0.15) is 11.6 Å². The maximum atomic E-state index is 12.9. The van der Waals surface area contributed by atoms with Crippen LogP contribution in [-0.2, 0) is 11.8 Å². The molecule has 1 amide bonds. The van der Waals surface area contributed by atoms with Gasteiger partial charge in [0.15, 0.2) is 6.61 Å².